The van der Waals surface area contributed by atoms with Gasteiger partial charge in [-0.1, -0.05) is 6.07 Å². The van der Waals surface area contributed by atoms with E-state index in [-0.39, 0.29) is 6.10 Å². The van der Waals surface area contributed by atoms with Crippen LogP contribution in [-0.2, 0) is 11.2 Å². The maximum Gasteiger partial charge on any atom is 0.119 e. The number of hydrogen-bond donors (Lipinski definition) is 1. The van der Waals surface area contributed by atoms with Gasteiger partial charge in [0.15, 0.2) is 0 Å². The van der Waals surface area contributed by atoms with Crippen molar-refractivity contribution >= 4 is 0 Å². The van der Waals surface area contributed by atoms with Crippen molar-refractivity contribution in [2.75, 3.05) is 20.3 Å². The number of fused-ring (bicyclic) bond motifs is 1. The van der Waals surface area contributed by atoms with Crippen LogP contribution in [0.5, 0.6) is 5.75 Å². The van der Waals surface area contributed by atoms with Crippen LogP contribution < -0.4 is 4.74 Å². The molecule has 3 nitrogen and oxygen atoms in total. The lowest BCUT2D eigenvalue weighted by Gasteiger charge is -2.21. The average Bonchev–Trinajstić information content (AvgIpc) is 2.36. The van der Waals surface area contributed by atoms with E-state index in [4.69, 9.17) is 9.47 Å². The van der Waals surface area contributed by atoms with Crippen molar-refractivity contribution in [3.8, 4) is 5.75 Å². The van der Waals surface area contributed by atoms with Crippen molar-refractivity contribution in [3.63, 3.8) is 0 Å². The number of benzene rings is 1. The molecule has 0 saturated carbocycles. The molecule has 1 aliphatic carbocycles. The van der Waals surface area contributed by atoms with Crippen molar-refractivity contribution in [1.82, 2.24) is 0 Å². The van der Waals surface area contributed by atoms with Crippen LogP contribution in [0.1, 0.15) is 36.5 Å². The number of rotatable bonds is 5. The van der Waals surface area contributed by atoms with Crippen molar-refractivity contribution in [3.05, 3.63) is 29.3 Å². The van der Waals surface area contributed by atoms with Gasteiger partial charge in [0.2, 0.25) is 0 Å². The van der Waals surface area contributed by atoms with Crippen LogP contribution >= 0.6 is 0 Å². The summed E-state index contributed by atoms with van der Waals surface area (Å²) in [5, 5.41) is 9.92. The third-order valence-electron chi connectivity index (χ3n) is 3.16. The van der Waals surface area contributed by atoms with Gasteiger partial charge in [-0.2, -0.15) is 0 Å². The fourth-order valence-corrected chi connectivity index (χ4v) is 2.24. The Balaban J connectivity index is 1.97. The van der Waals surface area contributed by atoms with E-state index in [1.165, 1.54) is 5.56 Å². The second-order valence-electron chi connectivity index (χ2n) is 4.46. The largest absolute Gasteiger partial charge is 0.493 e. The first kappa shape index (κ1) is 12.4. The van der Waals surface area contributed by atoms with Gasteiger partial charge in [-0.3, -0.25) is 0 Å². The highest BCUT2D eigenvalue weighted by molar-refractivity contribution is 5.38. The zero-order valence-electron chi connectivity index (χ0n) is 10.3. The highest BCUT2D eigenvalue weighted by atomic mass is 16.5. The van der Waals surface area contributed by atoms with Gasteiger partial charge in [0.25, 0.3) is 0 Å². The average molecular weight is 236 g/mol. The van der Waals surface area contributed by atoms with Gasteiger partial charge in [-0.25, -0.2) is 0 Å². The molecule has 0 aliphatic heterocycles. The van der Waals surface area contributed by atoms with Gasteiger partial charge in [-0.15, -0.1) is 0 Å². The lowest BCUT2D eigenvalue weighted by molar-refractivity contribution is 0.155. The Morgan fingerprint density at radius 3 is 3.06 bits per heavy atom. The van der Waals surface area contributed by atoms with Crippen LogP contribution in [-0.4, -0.2) is 25.4 Å². The molecule has 1 atom stereocenters. The monoisotopic (exact) mass is 236 g/mol. The topological polar surface area (TPSA) is 38.7 Å². The molecule has 0 aromatic heterocycles. The zero-order valence-corrected chi connectivity index (χ0v) is 10.3. The summed E-state index contributed by atoms with van der Waals surface area (Å²) < 4.78 is 10.6. The molecule has 17 heavy (non-hydrogen) atoms. The number of aryl methyl sites for hydroxylation is 1. The third kappa shape index (κ3) is 3.20. The molecule has 3 heteroatoms. The first-order valence-electron chi connectivity index (χ1n) is 6.24. The van der Waals surface area contributed by atoms with Gasteiger partial charge in [0.1, 0.15) is 5.75 Å². The molecule has 0 radical (unpaired) electrons. The quantitative estimate of drug-likeness (QED) is 0.798. The van der Waals surface area contributed by atoms with Crippen LogP contribution in [0.4, 0.5) is 0 Å². The summed E-state index contributed by atoms with van der Waals surface area (Å²) in [4.78, 5) is 0. The third-order valence-corrected chi connectivity index (χ3v) is 3.16. The van der Waals surface area contributed by atoms with Crippen molar-refractivity contribution in [2.45, 2.75) is 31.8 Å². The Morgan fingerprint density at radius 1 is 1.35 bits per heavy atom. The maximum atomic E-state index is 9.92. The Bertz CT molecular complexity index is 362. The fraction of sp³-hybridized carbons (Fsp3) is 0.571. The lowest BCUT2D eigenvalue weighted by Crippen LogP contribution is -2.09. The Morgan fingerprint density at radius 2 is 2.24 bits per heavy atom. The first-order chi connectivity index (χ1) is 8.31. The Kier molecular flexibility index (Phi) is 4.40. The summed E-state index contributed by atoms with van der Waals surface area (Å²) in [6.45, 7) is 1.37. The van der Waals surface area contributed by atoms with E-state index in [0.717, 1.165) is 37.0 Å². The van der Waals surface area contributed by atoms with Crippen molar-refractivity contribution in [1.29, 1.82) is 0 Å². The molecule has 94 valence electrons. The molecule has 0 unspecified atom stereocenters. The minimum Gasteiger partial charge on any atom is -0.493 e. The molecule has 0 spiro atoms. The predicted octanol–water partition coefficient (Wildman–Crippen LogP) is 2.47. The number of aliphatic hydroxyl groups is 1. The van der Waals surface area contributed by atoms with E-state index in [9.17, 15) is 5.11 Å². The van der Waals surface area contributed by atoms with Gasteiger partial charge >= 0.3 is 0 Å². The van der Waals surface area contributed by atoms with Crippen LogP contribution in [0, 0.1) is 0 Å². The van der Waals surface area contributed by atoms with E-state index < -0.39 is 0 Å². The minimum atomic E-state index is -0.318. The summed E-state index contributed by atoms with van der Waals surface area (Å²) in [5.41, 5.74) is 2.30. The second-order valence-corrected chi connectivity index (χ2v) is 4.46. The molecular weight excluding hydrogens is 216 g/mol. The summed E-state index contributed by atoms with van der Waals surface area (Å²) in [6.07, 6.45) is 3.57. The zero-order chi connectivity index (χ0) is 12.1. The van der Waals surface area contributed by atoms with Gasteiger partial charge in [0.05, 0.1) is 12.7 Å². The van der Waals surface area contributed by atoms with E-state index in [1.807, 2.05) is 12.1 Å². The molecule has 0 heterocycles. The number of hydrogen-bond acceptors (Lipinski definition) is 3. The molecular formula is C14H20O3. The maximum absolute atomic E-state index is 9.92. The molecule has 1 N–H and O–H groups in total. The molecule has 2 rings (SSSR count). The lowest BCUT2D eigenvalue weighted by atomic mass is 9.89. The summed E-state index contributed by atoms with van der Waals surface area (Å²) in [7, 11) is 1.69. The van der Waals surface area contributed by atoms with E-state index in [0.29, 0.717) is 13.2 Å². The summed E-state index contributed by atoms with van der Waals surface area (Å²) in [5.74, 6) is 0.848. The van der Waals surface area contributed by atoms with E-state index in [2.05, 4.69) is 6.07 Å². The summed E-state index contributed by atoms with van der Waals surface area (Å²) >= 11 is 0. The molecule has 0 bridgehead atoms. The van der Waals surface area contributed by atoms with Gasteiger partial charge in [-0.05, 0) is 42.5 Å². The molecule has 0 fully saturated rings. The first-order valence-corrected chi connectivity index (χ1v) is 6.24. The Hall–Kier alpha value is -1.06. The second kappa shape index (κ2) is 6.03. The van der Waals surface area contributed by atoms with Crippen molar-refractivity contribution < 1.29 is 14.6 Å². The van der Waals surface area contributed by atoms with Crippen LogP contribution in [0.15, 0.2) is 18.2 Å². The standard InChI is InChI=1S/C14H20O3/c1-16-8-3-9-17-12-7-6-11-4-2-5-14(15)13(11)10-12/h6-7,10,14-15H,2-5,8-9H2,1H3/t14-/m0/s1. The molecule has 0 saturated heterocycles. The number of methoxy groups -OCH3 is 1. The predicted molar refractivity (Wildman–Crippen MR) is 66.3 cm³/mol. The normalized spacial score (nSPS) is 18.8. The van der Waals surface area contributed by atoms with E-state index in [1.54, 1.807) is 7.11 Å². The van der Waals surface area contributed by atoms with Crippen LogP contribution in [0.25, 0.3) is 0 Å². The molecule has 1 aromatic rings. The van der Waals surface area contributed by atoms with E-state index >= 15 is 0 Å². The van der Waals surface area contributed by atoms with Crippen LogP contribution in [0.3, 0.4) is 0 Å². The number of ether oxygens (including phenoxy) is 2. The Labute approximate surface area is 102 Å². The SMILES string of the molecule is COCCCOc1ccc2c(c1)[C@@H](O)CCC2. The van der Waals surface area contributed by atoms with Gasteiger partial charge < -0.3 is 14.6 Å². The highest BCUT2D eigenvalue weighted by Gasteiger charge is 2.18. The van der Waals surface area contributed by atoms with Gasteiger partial charge in [0, 0.05) is 20.1 Å². The molecule has 1 aromatic carbocycles. The fourth-order valence-electron chi connectivity index (χ4n) is 2.24. The molecule has 0 amide bonds. The number of aliphatic hydroxyl groups excluding tert-OH is 1. The minimum absolute atomic E-state index is 0.318. The van der Waals surface area contributed by atoms with Crippen molar-refractivity contribution in [2.24, 2.45) is 0 Å². The smallest absolute Gasteiger partial charge is 0.119 e. The molecule has 1 aliphatic rings. The van der Waals surface area contributed by atoms with Crippen LogP contribution in [0.2, 0.25) is 0 Å². The highest BCUT2D eigenvalue weighted by Crippen LogP contribution is 2.32. The summed E-state index contributed by atoms with van der Waals surface area (Å²) in [6, 6.07) is 6.04.